The van der Waals surface area contributed by atoms with Gasteiger partial charge in [0.2, 0.25) is 0 Å². The van der Waals surface area contributed by atoms with Gasteiger partial charge >= 0.3 is 0 Å². The largest absolute Gasteiger partial charge is 0.494 e. The maximum atomic E-state index is 10.9. The summed E-state index contributed by atoms with van der Waals surface area (Å²) in [4.78, 5) is 0. The van der Waals surface area contributed by atoms with Gasteiger partial charge in [-0.1, -0.05) is 38.5 Å². The Morgan fingerprint density at radius 3 is 2.33 bits per heavy atom. The molecular weight excluding hydrogens is 412 g/mol. The molecular formula is C29H42O4. The van der Waals surface area contributed by atoms with Crippen LogP contribution in [0, 0.1) is 5.92 Å². The van der Waals surface area contributed by atoms with Crippen molar-refractivity contribution in [1.29, 1.82) is 0 Å². The molecule has 0 heterocycles. The van der Waals surface area contributed by atoms with Crippen LogP contribution in [0.2, 0.25) is 0 Å². The summed E-state index contributed by atoms with van der Waals surface area (Å²) >= 11 is 0. The Labute approximate surface area is 199 Å². The number of ether oxygens (including phenoxy) is 1. The molecule has 3 N–H and O–H groups in total. The monoisotopic (exact) mass is 454 g/mol. The van der Waals surface area contributed by atoms with E-state index in [0.29, 0.717) is 18.9 Å². The van der Waals surface area contributed by atoms with Gasteiger partial charge in [-0.2, -0.15) is 0 Å². The summed E-state index contributed by atoms with van der Waals surface area (Å²) in [5.74, 6) is 1.38. The first kappa shape index (κ1) is 25.7. The number of fused-ring (bicyclic) bond motifs is 1. The molecule has 0 saturated heterocycles. The molecule has 2 aliphatic carbocycles. The van der Waals surface area contributed by atoms with Crippen molar-refractivity contribution in [3.63, 3.8) is 0 Å². The van der Waals surface area contributed by atoms with Crippen molar-refractivity contribution < 1.29 is 20.1 Å². The summed E-state index contributed by atoms with van der Waals surface area (Å²) in [6.45, 7) is 7.14. The Bertz CT molecular complexity index is 889. The molecule has 4 nitrogen and oxygen atoms in total. The van der Waals surface area contributed by atoms with Gasteiger partial charge < -0.3 is 20.1 Å². The van der Waals surface area contributed by atoms with Gasteiger partial charge in [-0.05, 0) is 103 Å². The van der Waals surface area contributed by atoms with E-state index < -0.39 is 12.2 Å². The Hall–Kier alpha value is -1.88. The fourth-order valence-corrected chi connectivity index (χ4v) is 5.89. The highest BCUT2D eigenvalue weighted by Crippen LogP contribution is 2.42. The van der Waals surface area contributed by atoms with Crippen molar-refractivity contribution in [2.45, 2.75) is 90.3 Å². The Morgan fingerprint density at radius 2 is 1.67 bits per heavy atom. The molecule has 4 rings (SSSR count). The molecule has 33 heavy (non-hydrogen) atoms. The molecule has 0 spiro atoms. The molecule has 182 valence electrons. The highest BCUT2D eigenvalue weighted by atomic mass is 16.5. The van der Waals surface area contributed by atoms with Crippen molar-refractivity contribution in [3.05, 3.63) is 63.7 Å². The SMILES string of the molecule is CCCc1c(C2CC(C)CC(O)C2O)cc(Cc2ccc(OCC)cc2)c2c1CCC2.CO. The molecule has 4 heteroatoms. The van der Waals surface area contributed by atoms with Crippen LogP contribution in [0.5, 0.6) is 5.75 Å². The van der Waals surface area contributed by atoms with Crippen molar-refractivity contribution in [3.8, 4) is 5.75 Å². The number of benzene rings is 2. The molecule has 2 aromatic carbocycles. The van der Waals surface area contributed by atoms with Gasteiger partial charge in [0.05, 0.1) is 18.8 Å². The average Bonchev–Trinajstić information content (AvgIpc) is 3.31. The minimum Gasteiger partial charge on any atom is -0.494 e. The maximum absolute atomic E-state index is 10.9. The third-order valence-corrected chi connectivity index (χ3v) is 7.28. The van der Waals surface area contributed by atoms with Crippen LogP contribution in [0.1, 0.15) is 85.8 Å². The zero-order valence-electron chi connectivity index (χ0n) is 20.8. The first-order chi connectivity index (χ1) is 16.0. The summed E-state index contributed by atoms with van der Waals surface area (Å²) in [6.07, 6.45) is 6.98. The van der Waals surface area contributed by atoms with Gasteiger partial charge in [0.1, 0.15) is 5.75 Å². The van der Waals surface area contributed by atoms with E-state index in [0.717, 1.165) is 51.4 Å². The number of hydrogen-bond donors (Lipinski definition) is 3. The summed E-state index contributed by atoms with van der Waals surface area (Å²) < 4.78 is 5.61. The molecule has 0 aromatic heterocycles. The topological polar surface area (TPSA) is 69.9 Å². The fourth-order valence-electron chi connectivity index (χ4n) is 5.89. The van der Waals surface area contributed by atoms with E-state index in [-0.39, 0.29) is 5.92 Å². The molecule has 1 fully saturated rings. The third-order valence-electron chi connectivity index (χ3n) is 7.28. The lowest BCUT2D eigenvalue weighted by Gasteiger charge is -2.37. The Morgan fingerprint density at radius 1 is 0.970 bits per heavy atom. The zero-order chi connectivity index (χ0) is 24.0. The lowest BCUT2D eigenvalue weighted by Crippen LogP contribution is -2.39. The van der Waals surface area contributed by atoms with Crippen LogP contribution in [0.25, 0.3) is 0 Å². The van der Waals surface area contributed by atoms with Gasteiger partial charge in [0, 0.05) is 13.0 Å². The summed E-state index contributed by atoms with van der Waals surface area (Å²) in [7, 11) is 1.00. The van der Waals surface area contributed by atoms with Crippen molar-refractivity contribution in [1.82, 2.24) is 0 Å². The van der Waals surface area contributed by atoms with Crippen LogP contribution in [-0.4, -0.2) is 41.2 Å². The first-order valence-corrected chi connectivity index (χ1v) is 12.7. The molecule has 2 aliphatic rings. The van der Waals surface area contributed by atoms with Gasteiger partial charge in [-0.3, -0.25) is 0 Å². The van der Waals surface area contributed by atoms with E-state index in [1.165, 1.54) is 28.7 Å². The minimum absolute atomic E-state index is 0.0327. The highest BCUT2D eigenvalue weighted by Gasteiger charge is 2.37. The second-order valence-electron chi connectivity index (χ2n) is 9.66. The number of rotatable bonds is 7. The molecule has 4 unspecified atom stereocenters. The van der Waals surface area contributed by atoms with Crippen molar-refractivity contribution in [2.75, 3.05) is 13.7 Å². The van der Waals surface area contributed by atoms with Gasteiger partial charge in [-0.15, -0.1) is 0 Å². The maximum Gasteiger partial charge on any atom is 0.119 e. The Balaban J connectivity index is 0.00000149. The summed E-state index contributed by atoms with van der Waals surface area (Å²) in [5.41, 5.74) is 8.56. The third kappa shape index (κ3) is 5.79. The van der Waals surface area contributed by atoms with E-state index >= 15 is 0 Å². The molecule has 0 radical (unpaired) electrons. The smallest absolute Gasteiger partial charge is 0.119 e. The van der Waals surface area contributed by atoms with E-state index in [9.17, 15) is 10.2 Å². The minimum atomic E-state index is -0.662. The lowest BCUT2D eigenvalue weighted by atomic mass is 9.72. The van der Waals surface area contributed by atoms with Crippen LogP contribution in [0.4, 0.5) is 0 Å². The van der Waals surface area contributed by atoms with Gasteiger partial charge in [0.25, 0.3) is 0 Å². The standard InChI is InChI=1S/C28H38O3.CH4O/c1-4-7-23-24-9-6-8-22(24)20(16-19-10-12-21(13-11-19)31-5-2)17-25(23)26-14-18(3)15-27(29)28(26)30;1-2/h10-13,17-18,26-30H,4-9,14-16H2,1-3H3;2H,1H3. The van der Waals surface area contributed by atoms with Crippen LogP contribution >= 0.6 is 0 Å². The predicted molar refractivity (Wildman–Crippen MR) is 134 cm³/mol. The van der Waals surface area contributed by atoms with E-state index in [1.54, 1.807) is 11.1 Å². The second-order valence-corrected chi connectivity index (χ2v) is 9.66. The van der Waals surface area contributed by atoms with Crippen LogP contribution in [0.3, 0.4) is 0 Å². The fraction of sp³-hybridized carbons (Fsp3) is 0.586. The zero-order valence-corrected chi connectivity index (χ0v) is 20.8. The van der Waals surface area contributed by atoms with E-state index in [4.69, 9.17) is 9.84 Å². The number of hydrogen-bond acceptors (Lipinski definition) is 4. The molecule has 2 aromatic rings. The Kier molecular flexibility index (Phi) is 9.37. The molecule has 0 bridgehead atoms. The highest BCUT2D eigenvalue weighted by molar-refractivity contribution is 5.52. The van der Waals surface area contributed by atoms with Crippen molar-refractivity contribution >= 4 is 0 Å². The van der Waals surface area contributed by atoms with Crippen molar-refractivity contribution in [2.24, 2.45) is 5.92 Å². The van der Waals surface area contributed by atoms with Gasteiger partial charge in [-0.25, -0.2) is 0 Å². The summed E-state index contributed by atoms with van der Waals surface area (Å²) in [6, 6.07) is 10.9. The second kappa shape index (κ2) is 12.0. The normalized spacial score (nSPS) is 24.1. The molecule has 0 aliphatic heterocycles. The number of aliphatic hydroxyl groups is 3. The quantitative estimate of drug-likeness (QED) is 0.553. The van der Waals surface area contributed by atoms with Gasteiger partial charge in [0.15, 0.2) is 0 Å². The average molecular weight is 455 g/mol. The molecule has 0 amide bonds. The summed E-state index contributed by atoms with van der Waals surface area (Å²) in [5, 5.41) is 28.5. The van der Waals surface area contributed by atoms with Crippen LogP contribution < -0.4 is 4.74 Å². The molecule has 4 atom stereocenters. The van der Waals surface area contributed by atoms with E-state index in [2.05, 4.69) is 44.2 Å². The van der Waals surface area contributed by atoms with Crippen LogP contribution in [0.15, 0.2) is 30.3 Å². The predicted octanol–water partition coefficient (Wildman–Crippen LogP) is 4.96. The number of aliphatic hydroxyl groups excluding tert-OH is 3. The lowest BCUT2D eigenvalue weighted by molar-refractivity contribution is -0.0371. The van der Waals surface area contributed by atoms with E-state index in [1.807, 2.05) is 6.92 Å². The first-order valence-electron chi connectivity index (χ1n) is 12.7. The van der Waals surface area contributed by atoms with Crippen LogP contribution in [-0.2, 0) is 25.7 Å². The molecule has 1 saturated carbocycles.